The van der Waals surface area contributed by atoms with E-state index in [9.17, 15) is 14.9 Å². The second kappa shape index (κ2) is 4.61. The number of nitrogens with zero attached hydrogens (tertiary/aromatic N) is 2. The van der Waals surface area contributed by atoms with E-state index < -0.39 is 10.6 Å². The first-order valence-electron chi connectivity index (χ1n) is 7.00. The molecule has 0 spiro atoms. The predicted octanol–water partition coefficient (Wildman–Crippen LogP) is 2.57. The molecule has 1 N–H and O–H groups in total. The molecule has 1 aromatic rings. The summed E-state index contributed by atoms with van der Waals surface area (Å²) >= 11 is 0. The zero-order valence-corrected chi connectivity index (χ0v) is 12.0. The van der Waals surface area contributed by atoms with Crippen LogP contribution >= 0.6 is 0 Å². The largest absolute Gasteiger partial charge is 0.468 e. The van der Waals surface area contributed by atoms with E-state index in [0.717, 1.165) is 6.42 Å². The van der Waals surface area contributed by atoms with Crippen LogP contribution in [0.15, 0.2) is 18.2 Å². The van der Waals surface area contributed by atoms with E-state index in [1.807, 2.05) is 13.8 Å². The van der Waals surface area contributed by atoms with E-state index >= 15 is 0 Å². The molecule has 1 aromatic carbocycles. The number of nitrogens with one attached hydrogen (secondary N) is 1. The van der Waals surface area contributed by atoms with Crippen molar-refractivity contribution in [3.63, 3.8) is 0 Å². The van der Waals surface area contributed by atoms with Gasteiger partial charge in [-0.1, -0.05) is 6.92 Å². The number of nitro benzene ring substituents is 1. The molecule has 0 saturated carbocycles. The van der Waals surface area contributed by atoms with Crippen LogP contribution in [-0.4, -0.2) is 28.1 Å². The minimum atomic E-state index is -0.702. The van der Waals surface area contributed by atoms with Crippen molar-refractivity contribution in [2.24, 2.45) is 0 Å². The van der Waals surface area contributed by atoms with Crippen molar-refractivity contribution in [3.05, 3.63) is 33.9 Å². The number of non-ortho nitro benzene ring substituents is 1. The number of carbonyl (C=O) groups excluding carboxylic acids is 1. The Morgan fingerprint density at radius 1 is 1.57 bits per heavy atom. The predicted molar refractivity (Wildman–Crippen MR) is 75.0 cm³/mol. The summed E-state index contributed by atoms with van der Waals surface area (Å²) in [6, 6.07) is 4.08. The van der Waals surface area contributed by atoms with Gasteiger partial charge in [0.2, 0.25) is 0 Å². The number of hydrogen-bond donors (Lipinski definition) is 1. The summed E-state index contributed by atoms with van der Waals surface area (Å²) in [5, 5.41) is 13.8. The summed E-state index contributed by atoms with van der Waals surface area (Å²) in [4.78, 5) is 24.4. The van der Waals surface area contributed by atoms with Gasteiger partial charge in [-0.25, -0.2) is 4.79 Å². The molecule has 0 aliphatic carbocycles. The third-order valence-corrected chi connectivity index (χ3v) is 4.05. The van der Waals surface area contributed by atoms with Crippen molar-refractivity contribution in [1.29, 1.82) is 0 Å². The summed E-state index contributed by atoms with van der Waals surface area (Å²) in [6.07, 6.45) is 1.41. The van der Waals surface area contributed by atoms with Crippen LogP contribution < -0.4 is 10.1 Å². The Balaban J connectivity index is 2.02. The molecule has 2 amide bonds. The summed E-state index contributed by atoms with van der Waals surface area (Å²) in [6.45, 7) is 4.50. The van der Waals surface area contributed by atoms with Crippen LogP contribution in [0.5, 0.6) is 5.75 Å². The second-order valence-electron chi connectivity index (χ2n) is 5.61. The third kappa shape index (κ3) is 2.09. The summed E-state index contributed by atoms with van der Waals surface area (Å²) in [5.74, 6) is 0.598. The Kier molecular flexibility index (Phi) is 3.00. The van der Waals surface area contributed by atoms with Gasteiger partial charge in [-0.2, -0.15) is 0 Å². The molecule has 7 heteroatoms. The van der Waals surface area contributed by atoms with Crippen LogP contribution in [0.2, 0.25) is 0 Å². The zero-order chi connectivity index (χ0) is 15.2. The lowest BCUT2D eigenvalue weighted by Gasteiger charge is -2.50. The highest BCUT2D eigenvalue weighted by Crippen LogP contribution is 2.45. The molecule has 2 bridgehead atoms. The maximum Gasteiger partial charge on any atom is 0.320 e. The zero-order valence-electron chi connectivity index (χ0n) is 12.0. The Morgan fingerprint density at radius 3 is 3.00 bits per heavy atom. The number of carbonyl (C=O) groups is 1. The molecule has 0 radical (unpaired) electrons. The van der Waals surface area contributed by atoms with Gasteiger partial charge in [-0.3, -0.25) is 15.0 Å². The summed E-state index contributed by atoms with van der Waals surface area (Å²) in [5.41, 5.74) is -0.0241. The van der Waals surface area contributed by atoms with E-state index in [-0.39, 0.29) is 17.8 Å². The highest BCUT2D eigenvalue weighted by Gasteiger charge is 2.48. The molecular weight excluding hydrogens is 274 g/mol. The monoisotopic (exact) mass is 291 g/mol. The maximum atomic E-state index is 12.2. The van der Waals surface area contributed by atoms with Gasteiger partial charge in [-0.15, -0.1) is 0 Å². The molecule has 2 aliphatic heterocycles. The van der Waals surface area contributed by atoms with Crippen molar-refractivity contribution >= 4 is 11.7 Å². The number of rotatable bonds is 3. The lowest BCUT2D eigenvalue weighted by Crippen LogP contribution is -2.64. The van der Waals surface area contributed by atoms with Crippen molar-refractivity contribution in [3.8, 4) is 5.75 Å². The molecule has 3 rings (SSSR count). The number of urea groups is 1. The van der Waals surface area contributed by atoms with Crippen molar-refractivity contribution < 1.29 is 14.5 Å². The Bertz CT molecular complexity index is 618. The number of nitro groups is 1. The number of ether oxygens (including phenoxy) is 1. The summed E-state index contributed by atoms with van der Waals surface area (Å²) in [7, 11) is 0. The molecule has 2 aliphatic rings. The van der Waals surface area contributed by atoms with Gasteiger partial charge in [0.25, 0.3) is 5.69 Å². The quantitative estimate of drug-likeness (QED) is 0.685. The molecule has 2 atom stereocenters. The lowest BCUT2D eigenvalue weighted by atomic mass is 9.90. The molecule has 1 saturated heterocycles. The Labute approximate surface area is 122 Å². The van der Waals surface area contributed by atoms with E-state index in [1.165, 1.54) is 12.1 Å². The molecule has 2 heterocycles. The van der Waals surface area contributed by atoms with Gasteiger partial charge < -0.3 is 10.1 Å². The standard InChI is InChI=1S/C14H17N3O4/c1-3-6-16-13(18)15-11-8-14(16,2)21-12-5-4-9(17(19)20)7-10(11)12/h4-5,7,11H,3,6,8H2,1-2H3,(H,15,18). The van der Waals surface area contributed by atoms with E-state index in [0.29, 0.717) is 24.3 Å². The van der Waals surface area contributed by atoms with Crippen LogP contribution in [-0.2, 0) is 0 Å². The fourth-order valence-electron chi connectivity index (χ4n) is 3.08. The molecule has 1 fully saturated rings. The first-order valence-corrected chi connectivity index (χ1v) is 7.00. The molecule has 0 aromatic heterocycles. The van der Waals surface area contributed by atoms with Crippen LogP contribution in [0.25, 0.3) is 0 Å². The average Bonchev–Trinajstić information content (AvgIpc) is 2.42. The number of benzene rings is 1. The fraction of sp³-hybridized carbons (Fsp3) is 0.500. The van der Waals surface area contributed by atoms with Gasteiger partial charge in [-0.05, 0) is 19.4 Å². The first-order chi connectivity index (χ1) is 9.94. The van der Waals surface area contributed by atoms with Gasteiger partial charge in [0, 0.05) is 30.7 Å². The normalized spacial score (nSPS) is 26.7. The molecule has 21 heavy (non-hydrogen) atoms. The van der Waals surface area contributed by atoms with Crippen molar-refractivity contribution in [1.82, 2.24) is 10.2 Å². The average molecular weight is 291 g/mol. The number of hydrogen-bond acceptors (Lipinski definition) is 4. The highest BCUT2D eigenvalue weighted by atomic mass is 16.6. The van der Waals surface area contributed by atoms with E-state index in [1.54, 1.807) is 11.0 Å². The molecule has 7 nitrogen and oxygen atoms in total. The van der Waals surface area contributed by atoms with E-state index in [2.05, 4.69) is 5.32 Å². The maximum absolute atomic E-state index is 12.2. The van der Waals surface area contributed by atoms with Crippen molar-refractivity contribution in [2.45, 2.75) is 38.5 Å². The SMILES string of the molecule is CCCN1C(=O)NC2CC1(C)Oc1ccc([N+](=O)[O-])cc12. The van der Waals surface area contributed by atoms with Crippen LogP contribution in [0.1, 0.15) is 38.3 Å². The Hall–Kier alpha value is -2.31. The first kappa shape index (κ1) is 13.7. The van der Waals surface area contributed by atoms with Gasteiger partial charge >= 0.3 is 6.03 Å². The van der Waals surface area contributed by atoms with Gasteiger partial charge in [0.05, 0.1) is 11.0 Å². The third-order valence-electron chi connectivity index (χ3n) is 4.05. The minimum Gasteiger partial charge on any atom is -0.468 e. The van der Waals surface area contributed by atoms with Crippen LogP contribution in [0.3, 0.4) is 0 Å². The highest BCUT2D eigenvalue weighted by molar-refractivity contribution is 5.77. The van der Waals surface area contributed by atoms with Crippen molar-refractivity contribution in [2.75, 3.05) is 6.54 Å². The molecule has 2 unspecified atom stereocenters. The lowest BCUT2D eigenvalue weighted by molar-refractivity contribution is -0.385. The Morgan fingerprint density at radius 2 is 2.33 bits per heavy atom. The van der Waals surface area contributed by atoms with Crippen LogP contribution in [0.4, 0.5) is 10.5 Å². The molecular formula is C14H17N3O4. The molecule has 112 valence electrons. The topological polar surface area (TPSA) is 84.7 Å². The summed E-state index contributed by atoms with van der Waals surface area (Å²) < 4.78 is 6.00. The van der Waals surface area contributed by atoms with Gasteiger partial charge in [0.15, 0.2) is 5.72 Å². The van der Waals surface area contributed by atoms with E-state index in [4.69, 9.17) is 4.74 Å². The number of amides is 2. The fourth-order valence-corrected chi connectivity index (χ4v) is 3.08. The minimum absolute atomic E-state index is 0.00573. The van der Waals surface area contributed by atoms with Gasteiger partial charge in [0.1, 0.15) is 5.75 Å². The number of fused-ring (bicyclic) bond motifs is 4. The smallest absolute Gasteiger partial charge is 0.320 e. The van der Waals surface area contributed by atoms with Crippen LogP contribution in [0, 0.1) is 10.1 Å². The second-order valence-corrected chi connectivity index (χ2v) is 5.61.